The van der Waals surface area contributed by atoms with E-state index in [0.29, 0.717) is 18.8 Å². The topological polar surface area (TPSA) is 145 Å². The summed E-state index contributed by atoms with van der Waals surface area (Å²) in [6, 6.07) is 9.53. The highest BCUT2D eigenvalue weighted by molar-refractivity contribution is 7.89. The van der Waals surface area contributed by atoms with Crippen LogP contribution in [0.1, 0.15) is 20.3 Å². The van der Waals surface area contributed by atoms with Crippen molar-refractivity contribution in [2.45, 2.75) is 31.7 Å². The number of amides is 1. The Morgan fingerprint density at radius 3 is 2.41 bits per heavy atom. The van der Waals surface area contributed by atoms with Gasteiger partial charge >= 0.3 is 5.76 Å². The fourth-order valence-corrected chi connectivity index (χ4v) is 6.00. The van der Waals surface area contributed by atoms with E-state index in [1.54, 1.807) is 0 Å². The van der Waals surface area contributed by atoms with Crippen LogP contribution in [-0.4, -0.2) is 41.2 Å². The SMILES string of the molecule is CC1CC(C)CN(S(=O)(=O)c2ccc(NC(=O)Cn3c(=O)oc4cc([N+](=O)[O-])ccc43)cc2)C1. The van der Waals surface area contributed by atoms with Gasteiger partial charge in [-0.15, -0.1) is 0 Å². The lowest BCUT2D eigenvalue weighted by Gasteiger charge is -2.34. The minimum absolute atomic E-state index is 0.00269. The third-order valence-electron chi connectivity index (χ3n) is 5.78. The van der Waals surface area contributed by atoms with Gasteiger partial charge in [0.1, 0.15) is 6.54 Å². The van der Waals surface area contributed by atoms with E-state index in [4.69, 9.17) is 4.42 Å². The Bertz CT molecular complexity index is 1400. The average molecular weight is 489 g/mol. The Morgan fingerprint density at radius 1 is 1.15 bits per heavy atom. The molecule has 0 bridgehead atoms. The molecule has 1 aromatic heterocycles. The van der Waals surface area contributed by atoms with Crippen molar-refractivity contribution in [1.29, 1.82) is 0 Å². The van der Waals surface area contributed by atoms with Gasteiger partial charge in [-0.1, -0.05) is 13.8 Å². The normalized spacial score (nSPS) is 19.2. The molecule has 1 aliphatic rings. The lowest BCUT2D eigenvalue weighted by atomic mass is 9.94. The highest BCUT2D eigenvalue weighted by Gasteiger charge is 2.31. The van der Waals surface area contributed by atoms with Gasteiger partial charge in [-0.3, -0.25) is 19.5 Å². The molecule has 2 atom stereocenters. The zero-order valence-corrected chi connectivity index (χ0v) is 19.4. The Hall–Kier alpha value is -3.51. The van der Waals surface area contributed by atoms with E-state index in [0.717, 1.165) is 17.1 Å². The number of hydrogen-bond acceptors (Lipinski definition) is 7. The van der Waals surface area contributed by atoms with E-state index in [-0.39, 0.29) is 40.1 Å². The smallest absolute Gasteiger partial charge is 0.407 e. The third kappa shape index (κ3) is 4.73. The van der Waals surface area contributed by atoms with Gasteiger partial charge in [-0.05, 0) is 48.6 Å². The maximum absolute atomic E-state index is 13.0. The Kier molecular flexibility index (Phi) is 6.28. The summed E-state index contributed by atoms with van der Waals surface area (Å²) in [5.74, 6) is -0.800. The summed E-state index contributed by atoms with van der Waals surface area (Å²) in [6.45, 7) is 4.63. The number of nitrogens with one attached hydrogen (secondary N) is 1. The standard InChI is InChI=1S/C22H24N4O7S/c1-14-9-15(2)12-24(11-14)34(31,32)18-6-3-16(4-7-18)23-21(27)13-25-19-8-5-17(26(29)30)10-20(19)33-22(25)28/h3-8,10,14-15H,9,11-13H2,1-2H3,(H,23,27). The number of carbonyl (C=O) groups is 1. The molecule has 12 heteroatoms. The predicted molar refractivity (Wildman–Crippen MR) is 124 cm³/mol. The van der Waals surface area contributed by atoms with E-state index in [9.17, 15) is 28.1 Å². The van der Waals surface area contributed by atoms with Gasteiger partial charge in [0.15, 0.2) is 5.58 Å². The molecule has 2 unspecified atom stereocenters. The largest absolute Gasteiger partial charge is 0.420 e. The molecule has 0 radical (unpaired) electrons. The van der Waals surface area contributed by atoms with Gasteiger partial charge in [0.2, 0.25) is 15.9 Å². The van der Waals surface area contributed by atoms with Crippen molar-refractivity contribution in [2.75, 3.05) is 18.4 Å². The van der Waals surface area contributed by atoms with Gasteiger partial charge in [0, 0.05) is 24.8 Å². The number of nitro groups is 1. The van der Waals surface area contributed by atoms with Gasteiger partial charge in [0.05, 0.1) is 21.4 Å². The lowest BCUT2D eigenvalue weighted by molar-refractivity contribution is -0.384. The zero-order chi connectivity index (χ0) is 24.6. The third-order valence-corrected chi connectivity index (χ3v) is 7.62. The number of fused-ring (bicyclic) bond motifs is 1. The second-order valence-electron chi connectivity index (χ2n) is 8.70. The minimum Gasteiger partial charge on any atom is -0.407 e. The summed E-state index contributed by atoms with van der Waals surface area (Å²) < 4.78 is 33.6. The van der Waals surface area contributed by atoms with Crippen LogP contribution < -0.4 is 11.1 Å². The monoisotopic (exact) mass is 488 g/mol. The number of piperidine rings is 1. The Labute approximate surface area is 195 Å². The highest BCUT2D eigenvalue weighted by Crippen LogP contribution is 2.27. The van der Waals surface area contributed by atoms with E-state index >= 15 is 0 Å². The number of hydrogen-bond donors (Lipinski definition) is 1. The van der Waals surface area contributed by atoms with Crippen LogP contribution in [0.5, 0.6) is 0 Å². The molecule has 1 aliphatic heterocycles. The van der Waals surface area contributed by atoms with Crippen LogP contribution in [0, 0.1) is 22.0 Å². The van der Waals surface area contributed by atoms with Crippen molar-refractivity contribution < 1.29 is 22.6 Å². The van der Waals surface area contributed by atoms with E-state index in [2.05, 4.69) is 5.32 Å². The summed E-state index contributed by atoms with van der Waals surface area (Å²) in [6.07, 6.45) is 0.989. The maximum Gasteiger partial charge on any atom is 0.420 e. The van der Waals surface area contributed by atoms with Crippen LogP contribution in [0.3, 0.4) is 0 Å². The van der Waals surface area contributed by atoms with Crippen molar-refractivity contribution >= 4 is 38.4 Å². The van der Waals surface area contributed by atoms with Crippen LogP contribution in [0.15, 0.2) is 56.6 Å². The first-order valence-corrected chi connectivity index (χ1v) is 12.2. The van der Waals surface area contributed by atoms with Crippen molar-refractivity contribution in [2.24, 2.45) is 11.8 Å². The lowest BCUT2D eigenvalue weighted by Crippen LogP contribution is -2.42. The molecule has 34 heavy (non-hydrogen) atoms. The van der Waals surface area contributed by atoms with Crippen molar-refractivity contribution in [1.82, 2.24) is 8.87 Å². The molecular weight excluding hydrogens is 464 g/mol. The molecule has 0 spiro atoms. The molecule has 3 aromatic rings. The Morgan fingerprint density at radius 2 is 1.79 bits per heavy atom. The van der Waals surface area contributed by atoms with Gasteiger partial charge in [-0.2, -0.15) is 4.31 Å². The summed E-state index contributed by atoms with van der Waals surface area (Å²) in [5, 5.41) is 13.5. The first kappa shape index (κ1) is 23.6. The zero-order valence-electron chi connectivity index (χ0n) is 18.6. The van der Waals surface area contributed by atoms with Crippen molar-refractivity contribution in [3.05, 3.63) is 63.1 Å². The number of aromatic nitrogens is 1. The molecule has 11 nitrogen and oxygen atoms in total. The quantitative estimate of drug-likeness (QED) is 0.415. The van der Waals surface area contributed by atoms with E-state index in [1.165, 1.54) is 40.7 Å². The average Bonchev–Trinajstić information content (AvgIpc) is 3.07. The Balaban J connectivity index is 1.47. The second-order valence-corrected chi connectivity index (χ2v) is 10.6. The second kappa shape index (κ2) is 9.03. The van der Waals surface area contributed by atoms with Crippen LogP contribution in [0.2, 0.25) is 0 Å². The first-order valence-electron chi connectivity index (χ1n) is 10.7. The number of sulfonamides is 1. The summed E-state index contributed by atoms with van der Waals surface area (Å²) in [4.78, 5) is 35.1. The predicted octanol–water partition coefficient (Wildman–Crippen LogP) is 2.81. The van der Waals surface area contributed by atoms with Crippen LogP contribution in [0.4, 0.5) is 11.4 Å². The molecule has 0 aliphatic carbocycles. The van der Waals surface area contributed by atoms with Crippen molar-refractivity contribution in [3.8, 4) is 0 Å². The number of oxazole rings is 1. The van der Waals surface area contributed by atoms with E-state index in [1.807, 2.05) is 13.8 Å². The minimum atomic E-state index is -3.64. The van der Waals surface area contributed by atoms with Crippen LogP contribution >= 0.6 is 0 Å². The number of nitro benzene ring substituents is 1. The van der Waals surface area contributed by atoms with Crippen LogP contribution in [-0.2, 0) is 21.4 Å². The molecule has 1 amide bonds. The van der Waals surface area contributed by atoms with Gasteiger partial charge in [0.25, 0.3) is 5.69 Å². The first-order chi connectivity index (χ1) is 16.0. The number of anilines is 1. The van der Waals surface area contributed by atoms with Gasteiger partial charge in [-0.25, -0.2) is 13.2 Å². The molecule has 2 heterocycles. The number of benzene rings is 2. The van der Waals surface area contributed by atoms with Crippen LogP contribution in [0.25, 0.3) is 11.1 Å². The summed E-state index contributed by atoms with van der Waals surface area (Å²) in [5.41, 5.74) is 0.377. The molecular formula is C22H24N4O7S. The summed E-state index contributed by atoms with van der Waals surface area (Å²) >= 11 is 0. The molecule has 1 N–H and O–H groups in total. The molecule has 2 aromatic carbocycles. The van der Waals surface area contributed by atoms with Gasteiger partial charge < -0.3 is 9.73 Å². The molecule has 4 rings (SSSR count). The number of non-ortho nitro benzene ring substituents is 1. The van der Waals surface area contributed by atoms with E-state index < -0.39 is 26.6 Å². The molecule has 1 saturated heterocycles. The molecule has 0 saturated carbocycles. The maximum atomic E-state index is 13.0. The molecule has 1 fully saturated rings. The number of carbonyl (C=O) groups excluding carboxylic acids is 1. The van der Waals surface area contributed by atoms with Crippen molar-refractivity contribution in [3.63, 3.8) is 0 Å². The number of rotatable bonds is 6. The summed E-state index contributed by atoms with van der Waals surface area (Å²) in [7, 11) is -3.64. The molecule has 180 valence electrons. The fraction of sp³-hybridized carbons (Fsp3) is 0.364. The highest BCUT2D eigenvalue weighted by atomic mass is 32.2. The fourth-order valence-electron chi connectivity index (χ4n) is 4.32. The number of nitrogens with zero attached hydrogens (tertiary/aromatic N) is 3.